The summed E-state index contributed by atoms with van der Waals surface area (Å²) in [6.07, 6.45) is 5.60. The summed E-state index contributed by atoms with van der Waals surface area (Å²) in [7, 11) is 0. The quantitative estimate of drug-likeness (QED) is 0.363. The van der Waals surface area contributed by atoms with Gasteiger partial charge in [0.15, 0.2) is 0 Å². The molecule has 3 aliphatic rings. The number of carboxylic acid groups (broad SMARTS) is 1. The Morgan fingerprint density at radius 3 is 2.38 bits per heavy atom. The van der Waals surface area contributed by atoms with Crippen LogP contribution >= 0.6 is 0 Å². The number of furan rings is 1. The molecule has 1 aromatic carbocycles. The van der Waals surface area contributed by atoms with Crippen LogP contribution in [0.1, 0.15) is 82.7 Å². The standard InChI is InChI=1S/C33H45FN4O7/c1-33(2,3)45-32(43)36-24(19-34)20-7-9-21(10-8-20)30(40)38-16-13-25(37-14-5-4-6-15-37)28(38)29(39)35-23-11-12-26-22(17-23)18-27(44-26)31(41)42/h11-12,17-18,20-21,24-25,28H,4-10,13-16,19H2,1-3H3,(H,35,39)(H,36,43)(H,41,42)/t20?,21?,24-,25-,28-/m1/s1. The van der Waals surface area contributed by atoms with E-state index in [1.807, 2.05) is 0 Å². The van der Waals surface area contributed by atoms with Crippen LogP contribution in [0.2, 0.25) is 0 Å². The number of carbonyl (C=O) groups excluding carboxylic acids is 3. The van der Waals surface area contributed by atoms with Crippen molar-refractivity contribution in [3.05, 3.63) is 30.0 Å². The molecule has 2 saturated heterocycles. The maximum Gasteiger partial charge on any atom is 0.407 e. The molecule has 11 nitrogen and oxygen atoms in total. The maximum atomic E-state index is 14.0. The van der Waals surface area contributed by atoms with Crippen LogP contribution in [0.5, 0.6) is 0 Å². The Morgan fingerprint density at radius 2 is 1.73 bits per heavy atom. The summed E-state index contributed by atoms with van der Waals surface area (Å²) in [5.74, 6) is -2.07. The number of aromatic carboxylic acids is 1. The summed E-state index contributed by atoms with van der Waals surface area (Å²) in [5.41, 5.74) is 0.216. The lowest BCUT2D eigenvalue weighted by Crippen LogP contribution is -2.55. The molecule has 246 valence electrons. The first-order chi connectivity index (χ1) is 21.4. The highest BCUT2D eigenvalue weighted by atomic mass is 19.1. The van der Waals surface area contributed by atoms with Crippen LogP contribution in [-0.4, -0.2) is 88.8 Å². The number of hydrogen-bond acceptors (Lipinski definition) is 7. The number of halogens is 1. The Balaban J connectivity index is 1.27. The molecule has 5 rings (SSSR count). The van der Waals surface area contributed by atoms with Gasteiger partial charge in [0.2, 0.25) is 17.6 Å². The number of nitrogens with zero attached hydrogens (tertiary/aromatic N) is 2. The second-order valence-corrected chi connectivity index (χ2v) is 13.6. The number of benzene rings is 1. The number of carboxylic acids is 1. The van der Waals surface area contributed by atoms with Gasteiger partial charge in [0.1, 0.15) is 23.9 Å². The fourth-order valence-electron chi connectivity index (χ4n) is 7.16. The van der Waals surface area contributed by atoms with Crippen molar-refractivity contribution in [2.75, 3.05) is 31.6 Å². The first-order valence-electron chi connectivity index (χ1n) is 16.1. The molecule has 3 heterocycles. The highest BCUT2D eigenvalue weighted by Crippen LogP contribution is 2.36. The molecule has 3 atom stereocenters. The Morgan fingerprint density at radius 1 is 1.02 bits per heavy atom. The van der Waals surface area contributed by atoms with Crippen molar-refractivity contribution in [2.45, 2.75) is 95.9 Å². The number of ether oxygens (including phenoxy) is 1. The van der Waals surface area contributed by atoms with Crippen molar-refractivity contribution >= 4 is 40.5 Å². The fourth-order valence-corrected chi connectivity index (χ4v) is 7.16. The zero-order valence-electron chi connectivity index (χ0n) is 26.4. The maximum absolute atomic E-state index is 14.0. The van der Waals surface area contributed by atoms with Crippen LogP contribution in [0.4, 0.5) is 14.9 Å². The molecular formula is C33H45FN4O7. The van der Waals surface area contributed by atoms with Gasteiger partial charge in [-0.3, -0.25) is 14.5 Å². The molecule has 3 amide bonds. The Labute approximate surface area is 262 Å². The van der Waals surface area contributed by atoms with Crippen LogP contribution in [0, 0.1) is 11.8 Å². The van der Waals surface area contributed by atoms with E-state index >= 15 is 0 Å². The first-order valence-corrected chi connectivity index (χ1v) is 16.1. The summed E-state index contributed by atoms with van der Waals surface area (Å²) in [6, 6.07) is 4.93. The number of fused-ring (bicyclic) bond motifs is 1. The molecule has 0 bridgehead atoms. The molecule has 0 unspecified atom stereocenters. The Hall–Kier alpha value is -3.67. The van der Waals surface area contributed by atoms with Crippen molar-refractivity contribution in [3.63, 3.8) is 0 Å². The topological polar surface area (TPSA) is 141 Å². The number of anilines is 1. The van der Waals surface area contributed by atoms with Crippen LogP contribution in [0.25, 0.3) is 11.0 Å². The van der Waals surface area contributed by atoms with E-state index in [1.165, 1.54) is 6.07 Å². The monoisotopic (exact) mass is 628 g/mol. The van der Waals surface area contributed by atoms with E-state index in [9.17, 15) is 28.7 Å². The highest BCUT2D eigenvalue weighted by molar-refractivity contribution is 6.00. The summed E-state index contributed by atoms with van der Waals surface area (Å²) >= 11 is 0. The highest BCUT2D eigenvalue weighted by Gasteiger charge is 2.46. The summed E-state index contributed by atoms with van der Waals surface area (Å²) < 4.78 is 24.6. The predicted octanol–water partition coefficient (Wildman–Crippen LogP) is 5.19. The van der Waals surface area contributed by atoms with Crippen LogP contribution in [-0.2, 0) is 14.3 Å². The van der Waals surface area contributed by atoms with E-state index in [0.717, 1.165) is 32.4 Å². The van der Waals surface area contributed by atoms with Crippen molar-refractivity contribution in [1.29, 1.82) is 0 Å². The largest absolute Gasteiger partial charge is 0.475 e. The van der Waals surface area contributed by atoms with E-state index in [1.54, 1.807) is 43.9 Å². The van der Waals surface area contributed by atoms with Crippen molar-refractivity contribution in [3.8, 4) is 0 Å². The average molecular weight is 629 g/mol. The lowest BCUT2D eigenvalue weighted by molar-refractivity contribution is -0.142. The number of amides is 3. The number of piperidine rings is 1. The third kappa shape index (κ3) is 7.77. The van der Waals surface area contributed by atoms with Gasteiger partial charge in [0.05, 0.1) is 6.04 Å². The van der Waals surface area contributed by atoms with E-state index in [4.69, 9.17) is 9.15 Å². The number of likely N-dealkylation sites (tertiary alicyclic amines) is 2. The number of rotatable bonds is 8. The van der Waals surface area contributed by atoms with Gasteiger partial charge in [0.25, 0.3) is 0 Å². The van der Waals surface area contributed by atoms with E-state index in [-0.39, 0.29) is 35.5 Å². The number of carbonyl (C=O) groups is 4. The van der Waals surface area contributed by atoms with Gasteiger partial charge in [-0.2, -0.15) is 0 Å². The molecule has 0 radical (unpaired) electrons. The molecule has 2 aliphatic heterocycles. The molecule has 1 aromatic heterocycles. The molecule has 1 aliphatic carbocycles. The van der Waals surface area contributed by atoms with Crippen LogP contribution in [0.3, 0.4) is 0 Å². The van der Waals surface area contributed by atoms with Gasteiger partial charge in [-0.15, -0.1) is 0 Å². The van der Waals surface area contributed by atoms with Gasteiger partial charge in [0, 0.05) is 29.6 Å². The van der Waals surface area contributed by atoms with Crippen LogP contribution in [0.15, 0.2) is 28.7 Å². The van der Waals surface area contributed by atoms with Gasteiger partial charge < -0.3 is 29.8 Å². The second kappa shape index (κ2) is 13.8. The molecular weight excluding hydrogens is 583 g/mol. The normalized spacial score (nSPS) is 25.1. The van der Waals surface area contributed by atoms with Gasteiger partial charge in [-0.25, -0.2) is 14.0 Å². The third-order valence-corrected chi connectivity index (χ3v) is 9.33. The summed E-state index contributed by atoms with van der Waals surface area (Å²) in [6.45, 7) is 6.80. The van der Waals surface area contributed by atoms with Crippen LogP contribution < -0.4 is 10.6 Å². The number of alkyl carbamates (subject to hydrolysis) is 1. The minimum Gasteiger partial charge on any atom is -0.475 e. The molecule has 0 spiro atoms. The van der Waals surface area contributed by atoms with Crippen molar-refractivity contribution < 1.29 is 37.8 Å². The molecule has 12 heteroatoms. The molecule has 3 N–H and O–H groups in total. The van der Waals surface area contributed by atoms with Gasteiger partial charge >= 0.3 is 12.1 Å². The fraction of sp³-hybridized carbons (Fsp3) is 0.636. The molecule has 3 fully saturated rings. The molecule has 2 aromatic rings. The Kier molecular flexibility index (Phi) is 10.0. The summed E-state index contributed by atoms with van der Waals surface area (Å²) in [5, 5.41) is 15.5. The van der Waals surface area contributed by atoms with E-state index in [2.05, 4.69) is 15.5 Å². The zero-order valence-corrected chi connectivity index (χ0v) is 26.4. The van der Waals surface area contributed by atoms with Crippen molar-refractivity contribution in [2.24, 2.45) is 11.8 Å². The lowest BCUT2D eigenvalue weighted by atomic mass is 9.78. The smallest absolute Gasteiger partial charge is 0.407 e. The molecule has 1 saturated carbocycles. The van der Waals surface area contributed by atoms with Crippen molar-refractivity contribution in [1.82, 2.24) is 15.1 Å². The Bertz CT molecular complexity index is 1390. The minimum absolute atomic E-state index is 0.0543. The third-order valence-electron chi connectivity index (χ3n) is 9.33. The first kappa shape index (κ1) is 32.7. The lowest BCUT2D eigenvalue weighted by Gasteiger charge is -2.38. The number of alkyl halides is 1. The SMILES string of the molecule is CC(C)(C)OC(=O)N[C@H](CF)C1CCC(C(=O)N2CC[C@@H](N3CCCCC3)[C@@H]2C(=O)Nc2ccc3oc(C(=O)O)cc3c2)CC1. The minimum atomic E-state index is -1.17. The summed E-state index contributed by atoms with van der Waals surface area (Å²) in [4.78, 5) is 55.7. The zero-order chi connectivity index (χ0) is 32.3. The van der Waals surface area contributed by atoms with Gasteiger partial charge in [-0.1, -0.05) is 6.42 Å². The molecule has 45 heavy (non-hydrogen) atoms. The van der Waals surface area contributed by atoms with E-state index in [0.29, 0.717) is 55.3 Å². The predicted molar refractivity (Wildman–Crippen MR) is 166 cm³/mol. The number of nitrogens with one attached hydrogen (secondary N) is 2. The number of hydrogen-bond donors (Lipinski definition) is 3. The average Bonchev–Trinajstić information content (AvgIpc) is 3.64. The van der Waals surface area contributed by atoms with E-state index < -0.39 is 36.4 Å². The van der Waals surface area contributed by atoms with Gasteiger partial charge in [-0.05, 0) is 109 Å². The second-order valence-electron chi connectivity index (χ2n) is 13.6.